The molecule has 3 aromatic carbocycles. The highest BCUT2D eigenvalue weighted by Crippen LogP contribution is 2.34. The normalized spacial score (nSPS) is 11.2. The third-order valence-electron chi connectivity index (χ3n) is 4.48. The van der Waals surface area contributed by atoms with Gasteiger partial charge in [-0.15, -0.1) is 0 Å². The fourth-order valence-corrected chi connectivity index (χ4v) is 3.23. The van der Waals surface area contributed by atoms with Crippen molar-refractivity contribution in [3.05, 3.63) is 91.1 Å². The molecule has 0 aliphatic heterocycles. The summed E-state index contributed by atoms with van der Waals surface area (Å²) in [6.45, 7) is 0. The molecule has 0 aliphatic carbocycles. The first-order chi connectivity index (χ1) is 12.4. The number of benzene rings is 3. The molecule has 0 saturated heterocycles. The molecule has 5 rings (SSSR count). The standard InChI is InChI=1S/C23H14NO/c1-2-6-16(7-3-1)17-9-11-22-19(14-17)20-15-18(10-12-23(20)25-22)21-8-4-5-13-24-21/h2-15H. The number of furan rings is 1. The average Bonchev–Trinajstić information content (AvgIpc) is 3.06. The van der Waals surface area contributed by atoms with Gasteiger partial charge in [-0.25, -0.2) is 0 Å². The van der Waals surface area contributed by atoms with Gasteiger partial charge in [0.2, 0.25) is 0 Å². The van der Waals surface area contributed by atoms with Crippen LogP contribution in [0.25, 0.3) is 44.3 Å². The smallest absolute Gasteiger partial charge is 0.135 e. The number of hydrogen-bond donors (Lipinski definition) is 0. The molecule has 2 heteroatoms. The molecule has 0 saturated carbocycles. The molecule has 25 heavy (non-hydrogen) atoms. The summed E-state index contributed by atoms with van der Waals surface area (Å²) < 4.78 is 6.01. The molecular weight excluding hydrogens is 306 g/mol. The van der Waals surface area contributed by atoms with Gasteiger partial charge in [-0.05, 0) is 59.7 Å². The summed E-state index contributed by atoms with van der Waals surface area (Å²) in [4.78, 5) is 4.45. The Morgan fingerprint density at radius 2 is 1.40 bits per heavy atom. The van der Waals surface area contributed by atoms with E-state index in [1.807, 2.05) is 48.7 Å². The van der Waals surface area contributed by atoms with Crippen LogP contribution in [0.4, 0.5) is 0 Å². The van der Waals surface area contributed by atoms with E-state index in [2.05, 4.69) is 47.4 Å². The number of aromatic nitrogens is 1. The summed E-state index contributed by atoms with van der Waals surface area (Å²) in [7, 11) is 0. The zero-order chi connectivity index (χ0) is 16.6. The highest BCUT2D eigenvalue weighted by Gasteiger charge is 2.10. The van der Waals surface area contributed by atoms with Crippen molar-refractivity contribution >= 4 is 21.9 Å². The van der Waals surface area contributed by atoms with Gasteiger partial charge in [0, 0.05) is 22.5 Å². The Bertz CT molecular complexity index is 1080. The van der Waals surface area contributed by atoms with Crippen molar-refractivity contribution in [3.8, 4) is 22.4 Å². The lowest BCUT2D eigenvalue weighted by Crippen LogP contribution is -1.81. The van der Waals surface area contributed by atoms with Crippen LogP contribution >= 0.6 is 0 Å². The topological polar surface area (TPSA) is 26.0 Å². The van der Waals surface area contributed by atoms with E-state index in [4.69, 9.17) is 4.42 Å². The summed E-state index contributed by atoms with van der Waals surface area (Å²) in [5.74, 6) is 0. The van der Waals surface area contributed by atoms with Crippen LogP contribution in [0.5, 0.6) is 0 Å². The highest BCUT2D eigenvalue weighted by atomic mass is 16.3. The number of rotatable bonds is 2. The quantitative estimate of drug-likeness (QED) is 0.392. The molecule has 2 nitrogen and oxygen atoms in total. The van der Waals surface area contributed by atoms with E-state index in [0.29, 0.717) is 0 Å². The molecule has 5 aromatic rings. The van der Waals surface area contributed by atoms with E-state index in [1.165, 1.54) is 11.1 Å². The lowest BCUT2D eigenvalue weighted by Gasteiger charge is -2.02. The van der Waals surface area contributed by atoms with Crippen molar-refractivity contribution in [3.63, 3.8) is 0 Å². The van der Waals surface area contributed by atoms with E-state index in [0.717, 1.165) is 33.2 Å². The maximum Gasteiger partial charge on any atom is 0.135 e. The van der Waals surface area contributed by atoms with Crippen LogP contribution in [0.3, 0.4) is 0 Å². The number of fused-ring (bicyclic) bond motifs is 3. The molecule has 0 N–H and O–H groups in total. The molecule has 0 spiro atoms. The molecule has 0 aliphatic rings. The molecule has 117 valence electrons. The Balaban J connectivity index is 1.73. The zero-order valence-electron chi connectivity index (χ0n) is 13.4. The molecule has 1 radical (unpaired) electrons. The third kappa shape index (κ3) is 2.39. The van der Waals surface area contributed by atoms with Gasteiger partial charge in [-0.1, -0.05) is 36.4 Å². The van der Waals surface area contributed by atoms with E-state index in [9.17, 15) is 0 Å². The first-order valence-corrected chi connectivity index (χ1v) is 8.23. The van der Waals surface area contributed by atoms with E-state index in [-0.39, 0.29) is 0 Å². The van der Waals surface area contributed by atoms with Crippen molar-refractivity contribution in [2.45, 2.75) is 0 Å². The minimum Gasteiger partial charge on any atom is -0.456 e. The maximum atomic E-state index is 6.01. The lowest BCUT2D eigenvalue weighted by atomic mass is 10.0. The maximum absolute atomic E-state index is 6.01. The van der Waals surface area contributed by atoms with E-state index < -0.39 is 0 Å². The van der Waals surface area contributed by atoms with Crippen molar-refractivity contribution in [2.24, 2.45) is 0 Å². The van der Waals surface area contributed by atoms with Crippen LogP contribution in [-0.2, 0) is 0 Å². The Labute approximate surface area is 145 Å². The Morgan fingerprint density at radius 3 is 2.12 bits per heavy atom. The minimum absolute atomic E-state index is 0.897. The Hall–Kier alpha value is -3.39. The fraction of sp³-hybridized carbons (Fsp3) is 0. The average molecular weight is 320 g/mol. The first kappa shape index (κ1) is 14.0. The predicted octanol–water partition coefficient (Wildman–Crippen LogP) is 6.12. The largest absolute Gasteiger partial charge is 0.456 e. The van der Waals surface area contributed by atoms with Crippen LogP contribution < -0.4 is 0 Å². The minimum atomic E-state index is 0.897. The highest BCUT2D eigenvalue weighted by molar-refractivity contribution is 6.07. The second-order valence-electron chi connectivity index (χ2n) is 6.03. The summed E-state index contributed by atoms with van der Waals surface area (Å²) in [5.41, 5.74) is 6.21. The van der Waals surface area contributed by atoms with Crippen molar-refractivity contribution in [1.29, 1.82) is 0 Å². The molecule has 0 bridgehead atoms. The molecule has 2 heterocycles. The first-order valence-electron chi connectivity index (χ1n) is 8.23. The summed E-state index contributed by atoms with van der Waals surface area (Å²) in [6, 6.07) is 29.6. The molecule has 0 unspecified atom stereocenters. The van der Waals surface area contributed by atoms with Crippen molar-refractivity contribution in [2.75, 3.05) is 0 Å². The van der Waals surface area contributed by atoms with E-state index >= 15 is 0 Å². The predicted molar refractivity (Wildman–Crippen MR) is 101 cm³/mol. The summed E-state index contributed by atoms with van der Waals surface area (Å²) in [6.07, 6.45) is 1.82. The van der Waals surface area contributed by atoms with Crippen molar-refractivity contribution < 1.29 is 4.42 Å². The van der Waals surface area contributed by atoms with Crippen molar-refractivity contribution in [1.82, 2.24) is 4.98 Å². The van der Waals surface area contributed by atoms with Gasteiger partial charge < -0.3 is 4.42 Å². The third-order valence-corrected chi connectivity index (χ3v) is 4.48. The Morgan fingerprint density at radius 1 is 0.680 bits per heavy atom. The molecule has 0 amide bonds. The monoisotopic (exact) mass is 320 g/mol. The number of hydrogen-bond acceptors (Lipinski definition) is 2. The summed E-state index contributed by atoms with van der Waals surface area (Å²) in [5, 5.41) is 2.24. The van der Waals surface area contributed by atoms with Gasteiger partial charge in [0.25, 0.3) is 0 Å². The number of nitrogens with zero attached hydrogens (tertiary/aromatic N) is 1. The SMILES string of the molecule is [c]1ccc(-c2ccc3oc4ccc(-c5ccccn5)cc4c3c2)cc1. The van der Waals surface area contributed by atoms with Crippen LogP contribution in [0, 0.1) is 6.07 Å². The van der Waals surface area contributed by atoms with Crippen LogP contribution in [0.2, 0.25) is 0 Å². The van der Waals surface area contributed by atoms with E-state index in [1.54, 1.807) is 0 Å². The van der Waals surface area contributed by atoms with Gasteiger partial charge >= 0.3 is 0 Å². The number of pyridine rings is 1. The van der Waals surface area contributed by atoms with Gasteiger partial charge in [-0.3, -0.25) is 4.98 Å². The van der Waals surface area contributed by atoms with Crippen LogP contribution in [0.1, 0.15) is 0 Å². The Kier molecular flexibility index (Phi) is 3.14. The summed E-state index contributed by atoms with van der Waals surface area (Å²) >= 11 is 0. The lowest BCUT2D eigenvalue weighted by molar-refractivity contribution is 0.669. The molecule has 0 atom stereocenters. The molecular formula is C23H14NO. The van der Waals surface area contributed by atoms with Crippen LogP contribution in [0.15, 0.2) is 89.5 Å². The van der Waals surface area contributed by atoms with Crippen LogP contribution in [-0.4, -0.2) is 4.98 Å². The van der Waals surface area contributed by atoms with Gasteiger partial charge in [0.05, 0.1) is 5.69 Å². The van der Waals surface area contributed by atoms with Gasteiger partial charge in [-0.2, -0.15) is 0 Å². The second-order valence-corrected chi connectivity index (χ2v) is 6.03. The zero-order valence-corrected chi connectivity index (χ0v) is 13.4. The van der Waals surface area contributed by atoms with Gasteiger partial charge in [0.15, 0.2) is 0 Å². The second kappa shape index (κ2) is 5.60. The fourth-order valence-electron chi connectivity index (χ4n) is 3.23. The van der Waals surface area contributed by atoms with Gasteiger partial charge in [0.1, 0.15) is 11.2 Å². The molecule has 2 aromatic heterocycles. The molecule has 0 fully saturated rings.